The van der Waals surface area contributed by atoms with Gasteiger partial charge in [0, 0.05) is 12.7 Å². The average Bonchev–Trinajstić information content (AvgIpc) is 2.79. The first-order valence-corrected chi connectivity index (χ1v) is 5.07. The van der Waals surface area contributed by atoms with E-state index < -0.39 is 5.97 Å². The highest BCUT2D eigenvalue weighted by atomic mass is 16.5. The van der Waals surface area contributed by atoms with Crippen LogP contribution in [0, 0.1) is 0 Å². The van der Waals surface area contributed by atoms with E-state index in [0.29, 0.717) is 12.3 Å². The molecular weight excluding hydrogens is 220 g/mol. The van der Waals surface area contributed by atoms with Gasteiger partial charge in [-0.05, 0) is 11.6 Å². The van der Waals surface area contributed by atoms with Crippen LogP contribution in [0.25, 0.3) is 11.3 Å². The summed E-state index contributed by atoms with van der Waals surface area (Å²) in [6.45, 7) is 0.490. The van der Waals surface area contributed by atoms with Gasteiger partial charge in [0.1, 0.15) is 5.56 Å². The van der Waals surface area contributed by atoms with Crippen LogP contribution in [-0.2, 0) is 11.3 Å². The number of aromatic nitrogens is 2. The number of methoxy groups -OCH3 is 1. The van der Waals surface area contributed by atoms with Gasteiger partial charge in [0.25, 0.3) is 0 Å². The molecule has 0 spiro atoms. The number of aromatic carboxylic acids is 1. The lowest BCUT2D eigenvalue weighted by Gasteiger charge is -2.03. The van der Waals surface area contributed by atoms with Crippen LogP contribution in [0.4, 0.5) is 0 Å². The quantitative estimate of drug-likeness (QED) is 0.844. The predicted octanol–water partition coefficient (Wildman–Crippen LogP) is 1.92. The van der Waals surface area contributed by atoms with Crippen LogP contribution in [0.1, 0.15) is 15.9 Å². The molecule has 0 amide bonds. The van der Waals surface area contributed by atoms with Crippen LogP contribution in [-0.4, -0.2) is 28.4 Å². The first-order valence-electron chi connectivity index (χ1n) is 5.07. The number of nitrogens with one attached hydrogen (secondary N) is 1. The van der Waals surface area contributed by atoms with Crippen molar-refractivity contribution in [2.45, 2.75) is 6.61 Å². The Morgan fingerprint density at radius 1 is 1.53 bits per heavy atom. The van der Waals surface area contributed by atoms with Gasteiger partial charge < -0.3 is 9.84 Å². The van der Waals surface area contributed by atoms with Crippen molar-refractivity contribution >= 4 is 5.97 Å². The molecule has 0 aliphatic heterocycles. The van der Waals surface area contributed by atoms with Gasteiger partial charge in [0.05, 0.1) is 18.5 Å². The minimum Gasteiger partial charge on any atom is -0.478 e. The summed E-state index contributed by atoms with van der Waals surface area (Å²) in [6.07, 6.45) is 1.31. The van der Waals surface area contributed by atoms with Crippen LogP contribution in [0.5, 0.6) is 0 Å². The average molecular weight is 232 g/mol. The summed E-state index contributed by atoms with van der Waals surface area (Å²) >= 11 is 0. The molecule has 0 unspecified atom stereocenters. The van der Waals surface area contributed by atoms with Crippen molar-refractivity contribution in [1.82, 2.24) is 10.2 Å². The molecule has 88 valence electrons. The monoisotopic (exact) mass is 232 g/mol. The molecule has 2 aromatic rings. The second-order valence-electron chi connectivity index (χ2n) is 3.60. The number of hydrogen-bond acceptors (Lipinski definition) is 3. The van der Waals surface area contributed by atoms with Crippen molar-refractivity contribution in [3.8, 4) is 11.3 Å². The molecule has 0 saturated heterocycles. The smallest absolute Gasteiger partial charge is 0.339 e. The maximum Gasteiger partial charge on any atom is 0.339 e. The first-order chi connectivity index (χ1) is 8.22. The summed E-state index contributed by atoms with van der Waals surface area (Å²) in [5, 5.41) is 15.5. The lowest BCUT2D eigenvalue weighted by atomic mass is 10.1. The maximum absolute atomic E-state index is 11.0. The van der Waals surface area contributed by atoms with Gasteiger partial charge in [0.15, 0.2) is 0 Å². The number of benzene rings is 1. The summed E-state index contributed by atoms with van der Waals surface area (Å²) < 4.78 is 5.04. The molecule has 1 aromatic carbocycles. The van der Waals surface area contributed by atoms with Crippen LogP contribution in [0.2, 0.25) is 0 Å². The van der Waals surface area contributed by atoms with Gasteiger partial charge in [0.2, 0.25) is 0 Å². The van der Waals surface area contributed by atoms with Crippen molar-refractivity contribution in [3.05, 3.63) is 41.6 Å². The van der Waals surface area contributed by atoms with Gasteiger partial charge in [-0.2, -0.15) is 5.10 Å². The van der Waals surface area contributed by atoms with Crippen molar-refractivity contribution < 1.29 is 14.6 Å². The number of nitrogens with zero attached hydrogens (tertiary/aromatic N) is 1. The fourth-order valence-electron chi connectivity index (χ4n) is 1.65. The van der Waals surface area contributed by atoms with Crippen molar-refractivity contribution in [2.75, 3.05) is 7.11 Å². The molecule has 1 aromatic heterocycles. The van der Waals surface area contributed by atoms with Gasteiger partial charge in [-0.3, -0.25) is 5.10 Å². The maximum atomic E-state index is 11.0. The Kier molecular flexibility index (Phi) is 3.20. The number of ether oxygens (including phenoxy) is 1. The Morgan fingerprint density at radius 3 is 3.06 bits per heavy atom. The Morgan fingerprint density at radius 2 is 2.35 bits per heavy atom. The molecule has 5 heteroatoms. The Bertz CT molecular complexity index is 534. The molecule has 0 saturated carbocycles. The van der Waals surface area contributed by atoms with E-state index in [9.17, 15) is 4.79 Å². The third-order valence-corrected chi connectivity index (χ3v) is 2.40. The van der Waals surface area contributed by atoms with Crippen molar-refractivity contribution in [2.24, 2.45) is 0 Å². The molecule has 17 heavy (non-hydrogen) atoms. The van der Waals surface area contributed by atoms with E-state index in [1.807, 2.05) is 24.3 Å². The minimum absolute atomic E-state index is 0.166. The summed E-state index contributed by atoms with van der Waals surface area (Å²) in [5.74, 6) is -0.995. The van der Waals surface area contributed by atoms with Crippen LogP contribution in [0.3, 0.4) is 0 Å². The molecule has 5 nitrogen and oxygen atoms in total. The third kappa shape index (κ3) is 2.34. The van der Waals surface area contributed by atoms with Gasteiger partial charge in [-0.1, -0.05) is 18.2 Å². The predicted molar refractivity (Wildman–Crippen MR) is 61.7 cm³/mol. The van der Waals surface area contributed by atoms with E-state index in [1.165, 1.54) is 6.20 Å². The molecular formula is C12H12N2O3. The largest absolute Gasteiger partial charge is 0.478 e. The number of carboxylic acids is 1. The summed E-state index contributed by atoms with van der Waals surface area (Å²) in [4.78, 5) is 11.0. The first kappa shape index (κ1) is 11.3. The second kappa shape index (κ2) is 4.80. The lowest BCUT2D eigenvalue weighted by molar-refractivity contribution is 0.0698. The summed E-state index contributed by atoms with van der Waals surface area (Å²) in [5.41, 5.74) is 2.44. The van der Waals surface area contributed by atoms with E-state index in [2.05, 4.69) is 10.2 Å². The van der Waals surface area contributed by atoms with Gasteiger partial charge in [-0.15, -0.1) is 0 Å². The van der Waals surface area contributed by atoms with Crippen molar-refractivity contribution in [1.29, 1.82) is 0 Å². The van der Waals surface area contributed by atoms with Crippen molar-refractivity contribution in [3.63, 3.8) is 0 Å². The number of aromatic amines is 1. The summed E-state index contributed by atoms with van der Waals surface area (Å²) in [6, 6.07) is 7.49. The topological polar surface area (TPSA) is 75.2 Å². The Hall–Kier alpha value is -2.14. The van der Waals surface area contributed by atoms with Crippen LogP contribution in [0.15, 0.2) is 30.5 Å². The standard InChI is InChI=1S/C12H12N2O3/c1-17-7-8-3-2-4-9(5-8)11-10(12(15)16)6-13-14-11/h2-6H,7H2,1H3,(H,13,14)(H,15,16). The lowest BCUT2D eigenvalue weighted by Crippen LogP contribution is -1.97. The molecule has 0 radical (unpaired) electrons. The fourth-order valence-corrected chi connectivity index (χ4v) is 1.65. The number of carbonyl (C=O) groups is 1. The number of carboxylic acid groups (broad SMARTS) is 1. The van der Waals surface area contributed by atoms with E-state index >= 15 is 0 Å². The third-order valence-electron chi connectivity index (χ3n) is 2.40. The normalized spacial score (nSPS) is 10.4. The molecule has 0 aliphatic rings. The number of hydrogen-bond donors (Lipinski definition) is 2. The van der Waals surface area contributed by atoms with E-state index in [-0.39, 0.29) is 5.56 Å². The second-order valence-corrected chi connectivity index (χ2v) is 3.60. The molecule has 0 atom stereocenters. The summed E-state index contributed by atoms with van der Waals surface area (Å²) in [7, 11) is 1.62. The Labute approximate surface area is 98.0 Å². The van der Waals surface area contributed by atoms with E-state index in [0.717, 1.165) is 11.1 Å². The van der Waals surface area contributed by atoms with Gasteiger partial charge in [-0.25, -0.2) is 4.79 Å². The number of rotatable bonds is 4. The fraction of sp³-hybridized carbons (Fsp3) is 0.167. The molecule has 2 rings (SSSR count). The van der Waals surface area contributed by atoms with E-state index in [4.69, 9.17) is 9.84 Å². The Balaban J connectivity index is 2.42. The zero-order valence-corrected chi connectivity index (χ0v) is 9.30. The van der Waals surface area contributed by atoms with E-state index in [1.54, 1.807) is 7.11 Å². The molecule has 1 heterocycles. The number of H-pyrrole nitrogens is 1. The molecule has 0 aliphatic carbocycles. The van der Waals surface area contributed by atoms with Crippen LogP contribution < -0.4 is 0 Å². The highest BCUT2D eigenvalue weighted by Gasteiger charge is 2.13. The van der Waals surface area contributed by atoms with Crippen LogP contribution >= 0.6 is 0 Å². The highest BCUT2D eigenvalue weighted by Crippen LogP contribution is 2.22. The SMILES string of the molecule is COCc1cccc(-c2[nH]ncc2C(=O)O)c1. The molecule has 0 fully saturated rings. The molecule has 0 bridgehead atoms. The van der Waals surface area contributed by atoms with Gasteiger partial charge >= 0.3 is 5.97 Å². The minimum atomic E-state index is -0.995. The zero-order chi connectivity index (χ0) is 12.3. The highest BCUT2D eigenvalue weighted by molar-refractivity contribution is 5.94. The molecule has 2 N–H and O–H groups in total. The zero-order valence-electron chi connectivity index (χ0n) is 9.30.